The molecule has 0 bridgehead atoms. The van der Waals surface area contributed by atoms with E-state index in [4.69, 9.17) is 4.52 Å². The van der Waals surface area contributed by atoms with E-state index in [9.17, 15) is 18.0 Å². The van der Waals surface area contributed by atoms with Crippen molar-refractivity contribution >= 4 is 33.3 Å². The quantitative estimate of drug-likeness (QED) is 0.749. The molecular formula is C18H22N4O5S. The lowest BCUT2D eigenvalue weighted by atomic mass is 10.1. The van der Waals surface area contributed by atoms with Gasteiger partial charge in [-0.05, 0) is 36.6 Å². The van der Waals surface area contributed by atoms with Gasteiger partial charge in [0.05, 0.1) is 11.3 Å². The van der Waals surface area contributed by atoms with Crippen LogP contribution in [-0.2, 0) is 26.0 Å². The Labute approximate surface area is 163 Å². The van der Waals surface area contributed by atoms with Crippen LogP contribution in [0.1, 0.15) is 25.2 Å². The van der Waals surface area contributed by atoms with Crippen molar-refractivity contribution in [1.29, 1.82) is 0 Å². The molecule has 28 heavy (non-hydrogen) atoms. The Morgan fingerprint density at radius 1 is 1.29 bits per heavy atom. The van der Waals surface area contributed by atoms with Gasteiger partial charge in [-0.3, -0.25) is 9.59 Å². The Morgan fingerprint density at radius 2 is 2.00 bits per heavy atom. The maximum atomic E-state index is 12.8. The highest BCUT2D eigenvalue weighted by Gasteiger charge is 2.31. The highest BCUT2D eigenvalue weighted by atomic mass is 32.2. The van der Waals surface area contributed by atoms with Gasteiger partial charge in [0.25, 0.3) is 0 Å². The first-order valence-electron chi connectivity index (χ1n) is 8.74. The largest absolute Gasteiger partial charge is 0.360 e. The van der Waals surface area contributed by atoms with E-state index in [1.165, 1.54) is 23.1 Å². The zero-order valence-corrected chi connectivity index (χ0v) is 16.8. The molecule has 1 atom stereocenters. The number of sulfonamides is 1. The average molecular weight is 406 g/mol. The van der Waals surface area contributed by atoms with Crippen LogP contribution in [-0.4, -0.2) is 38.5 Å². The van der Waals surface area contributed by atoms with E-state index >= 15 is 0 Å². The summed E-state index contributed by atoms with van der Waals surface area (Å²) in [4.78, 5) is 25.9. The molecule has 9 nitrogen and oxygen atoms in total. The van der Waals surface area contributed by atoms with Crippen molar-refractivity contribution in [3.63, 3.8) is 0 Å². The summed E-state index contributed by atoms with van der Waals surface area (Å²) < 4.78 is 33.0. The fourth-order valence-corrected chi connectivity index (χ4v) is 4.36. The first kappa shape index (κ1) is 20.0. The fourth-order valence-electron chi connectivity index (χ4n) is 2.97. The Bertz CT molecular complexity index is 1030. The van der Waals surface area contributed by atoms with Crippen LogP contribution in [0.25, 0.3) is 0 Å². The summed E-state index contributed by atoms with van der Waals surface area (Å²) in [6, 6.07) is 5.01. The number of anilines is 2. The summed E-state index contributed by atoms with van der Waals surface area (Å²) in [5.41, 5.74) is 1.32. The van der Waals surface area contributed by atoms with Crippen LogP contribution in [0.2, 0.25) is 0 Å². The zero-order valence-electron chi connectivity index (χ0n) is 16.0. The lowest BCUT2D eigenvalue weighted by Gasteiger charge is -2.21. The number of likely N-dealkylation sites (N-methyl/N-ethyl adjacent to an activating group) is 1. The number of aryl methyl sites for hydroxylation is 1. The Morgan fingerprint density at radius 3 is 2.61 bits per heavy atom. The number of benzene rings is 1. The van der Waals surface area contributed by atoms with Crippen LogP contribution in [0.15, 0.2) is 33.7 Å². The van der Waals surface area contributed by atoms with E-state index in [-0.39, 0.29) is 29.0 Å². The third-order valence-corrected chi connectivity index (χ3v) is 5.99. The minimum absolute atomic E-state index is 0.00470. The number of nitrogens with zero attached hydrogens (tertiary/aromatic N) is 2. The zero-order chi connectivity index (χ0) is 20.6. The van der Waals surface area contributed by atoms with Crippen molar-refractivity contribution in [3.05, 3.63) is 35.6 Å². The number of hydrogen-bond acceptors (Lipinski definition) is 6. The maximum absolute atomic E-state index is 12.8. The number of carbonyl (C=O) groups is 2. The number of hydrogen-bond donors (Lipinski definition) is 2. The molecule has 0 unspecified atom stereocenters. The predicted octanol–water partition coefficient (Wildman–Crippen LogP) is 1.44. The van der Waals surface area contributed by atoms with Gasteiger partial charge in [-0.25, -0.2) is 8.42 Å². The lowest BCUT2D eigenvalue weighted by Crippen LogP contribution is -2.47. The summed E-state index contributed by atoms with van der Waals surface area (Å²) in [5.74, 6) is -0.214. The molecule has 3 rings (SSSR count). The van der Waals surface area contributed by atoms with E-state index in [0.717, 1.165) is 0 Å². The third-order valence-electron chi connectivity index (χ3n) is 4.55. The molecule has 1 aliphatic rings. The highest BCUT2D eigenvalue weighted by Crippen LogP contribution is 2.29. The molecule has 2 heterocycles. The highest BCUT2D eigenvalue weighted by molar-refractivity contribution is 7.89. The van der Waals surface area contributed by atoms with Crippen molar-refractivity contribution in [2.24, 2.45) is 5.92 Å². The van der Waals surface area contributed by atoms with Gasteiger partial charge in [-0.15, -0.1) is 0 Å². The Hall–Kier alpha value is -2.72. The molecule has 1 aromatic heterocycles. The minimum Gasteiger partial charge on any atom is -0.360 e. The second-order valence-corrected chi connectivity index (χ2v) is 8.79. The van der Waals surface area contributed by atoms with E-state index in [1.807, 2.05) is 0 Å². The number of fused-ring (bicyclic) bond motifs is 1. The van der Waals surface area contributed by atoms with Gasteiger partial charge in [-0.2, -0.15) is 4.72 Å². The molecule has 2 aromatic rings. The molecule has 0 saturated heterocycles. The SMILES string of the molecule is Cc1cc(NC(=O)[C@@H](NS(=O)(=O)c2ccc3c(c2)CC(=O)N3C)C(C)C)no1. The van der Waals surface area contributed by atoms with Crippen LogP contribution in [0.4, 0.5) is 11.5 Å². The molecular weight excluding hydrogens is 384 g/mol. The molecule has 2 N–H and O–H groups in total. The van der Waals surface area contributed by atoms with Crippen molar-refractivity contribution in [3.8, 4) is 0 Å². The molecule has 0 fully saturated rings. The predicted molar refractivity (Wildman–Crippen MR) is 102 cm³/mol. The van der Waals surface area contributed by atoms with E-state index in [1.54, 1.807) is 33.9 Å². The van der Waals surface area contributed by atoms with Gasteiger partial charge in [-0.1, -0.05) is 19.0 Å². The van der Waals surface area contributed by atoms with Crippen molar-refractivity contribution in [2.75, 3.05) is 17.3 Å². The Kier molecular flexibility index (Phi) is 5.26. The van der Waals surface area contributed by atoms with Gasteiger partial charge in [0.1, 0.15) is 11.8 Å². The molecule has 0 saturated carbocycles. The number of aromatic nitrogens is 1. The summed E-state index contributed by atoms with van der Waals surface area (Å²) >= 11 is 0. The first-order valence-corrected chi connectivity index (χ1v) is 10.2. The van der Waals surface area contributed by atoms with Gasteiger partial charge < -0.3 is 14.7 Å². The van der Waals surface area contributed by atoms with Gasteiger partial charge in [0, 0.05) is 18.8 Å². The molecule has 0 spiro atoms. The van der Waals surface area contributed by atoms with Crippen LogP contribution >= 0.6 is 0 Å². The number of carbonyl (C=O) groups excluding carboxylic acids is 2. The molecule has 2 amide bonds. The molecule has 1 aromatic carbocycles. The molecule has 0 radical (unpaired) electrons. The number of nitrogens with one attached hydrogen (secondary N) is 2. The number of rotatable bonds is 6. The first-order chi connectivity index (χ1) is 13.1. The van der Waals surface area contributed by atoms with Gasteiger partial charge in [0.15, 0.2) is 5.82 Å². The van der Waals surface area contributed by atoms with Gasteiger partial charge in [0.2, 0.25) is 21.8 Å². The second kappa shape index (κ2) is 7.36. The molecule has 1 aliphatic heterocycles. The lowest BCUT2D eigenvalue weighted by molar-refractivity contribution is -0.119. The van der Waals surface area contributed by atoms with Crippen LogP contribution in [0.5, 0.6) is 0 Å². The van der Waals surface area contributed by atoms with Crippen LogP contribution in [0, 0.1) is 12.8 Å². The summed E-state index contributed by atoms with van der Waals surface area (Å²) in [6.45, 7) is 5.15. The third kappa shape index (κ3) is 3.92. The van der Waals surface area contributed by atoms with Gasteiger partial charge >= 0.3 is 0 Å². The normalized spacial score (nSPS) is 15.0. The fraction of sp³-hybridized carbons (Fsp3) is 0.389. The summed E-state index contributed by atoms with van der Waals surface area (Å²) in [6.07, 6.45) is 0.148. The second-order valence-electron chi connectivity index (χ2n) is 7.08. The standard InChI is InChI=1S/C18H22N4O5S/c1-10(2)17(18(24)19-15-7-11(3)27-20-15)21-28(25,26)13-5-6-14-12(8-13)9-16(23)22(14)4/h5-8,10,17,21H,9H2,1-4H3,(H,19,20,24)/t17-/m0/s1. The minimum atomic E-state index is -3.98. The van der Waals surface area contributed by atoms with Crippen LogP contribution in [0.3, 0.4) is 0 Å². The van der Waals surface area contributed by atoms with Crippen molar-refractivity contribution in [1.82, 2.24) is 9.88 Å². The molecule has 0 aliphatic carbocycles. The van der Waals surface area contributed by atoms with E-state index in [2.05, 4.69) is 15.2 Å². The average Bonchev–Trinajstić information content (AvgIpc) is 3.15. The maximum Gasteiger partial charge on any atom is 0.244 e. The van der Waals surface area contributed by atoms with Crippen molar-refractivity contribution in [2.45, 2.75) is 38.1 Å². The topological polar surface area (TPSA) is 122 Å². The Balaban J connectivity index is 1.81. The monoisotopic (exact) mass is 406 g/mol. The summed E-state index contributed by atoms with van der Waals surface area (Å²) in [7, 11) is -2.33. The number of amides is 2. The smallest absolute Gasteiger partial charge is 0.244 e. The van der Waals surface area contributed by atoms with E-state index in [0.29, 0.717) is 17.0 Å². The summed E-state index contributed by atoms with van der Waals surface area (Å²) in [5, 5.41) is 6.23. The van der Waals surface area contributed by atoms with Crippen LogP contribution < -0.4 is 14.9 Å². The van der Waals surface area contributed by atoms with Crippen molar-refractivity contribution < 1.29 is 22.5 Å². The molecule has 150 valence electrons. The molecule has 10 heteroatoms. The van der Waals surface area contributed by atoms with E-state index < -0.39 is 22.0 Å².